The molecule has 1 aliphatic rings. The van der Waals surface area contributed by atoms with Crippen molar-refractivity contribution in [1.82, 2.24) is 4.90 Å². The van der Waals surface area contributed by atoms with Crippen LogP contribution < -0.4 is 5.32 Å². The number of carbonyl (C=O) groups excluding carboxylic acids is 3. The number of benzene rings is 2. The van der Waals surface area contributed by atoms with Crippen LogP contribution in [0.4, 0.5) is 10.1 Å². The van der Waals surface area contributed by atoms with E-state index in [1.54, 1.807) is 29.2 Å². The van der Waals surface area contributed by atoms with Crippen LogP contribution in [0.5, 0.6) is 0 Å². The number of nitrogens with zero attached hydrogens (tertiary/aromatic N) is 1. The van der Waals surface area contributed by atoms with Crippen molar-refractivity contribution >= 4 is 23.5 Å². The number of hydrogen-bond acceptors (Lipinski definition) is 4. The van der Waals surface area contributed by atoms with Gasteiger partial charge >= 0.3 is 5.97 Å². The standard InChI is InChI=1S/C20H19FN2O4/c1-27-20(26)16-11-15(8-9-17(16)21)22-19(25)14-6-4-13(5-7-14)12-23-10-2-3-18(23)24/h4-9,11H,2-3,10,12H2,1H3,(H,22,25). The van der Waals surface area contributed by atoms with Crippen molar-refractivity contribution < 1.29 is 23.5 Å². The molecule has 1 N–H and O–H groups in total. The van der Waals surface area contributed by atoms with Crippen LogP contribution in [0.15, 0.2) is 42.5 Å². The second-order valence-electron chi connectivity index (χ2n) is 6.26. The van der Waals surface area contributed by atoms with E-state index in [4.69, 9.17) is 0 Å². The van der Waals surface area contributed by atoms with E-state index in [9.17, 15) is 18.8 Å². The Kier molecular flexibility index (Phi) is 5.49. The summed E-state index contributed by atoms with van der Waals surface area (Å²) in [5.74, 6) is -1.78. The predicted octanol–water partition coefficient (Wildman–Crippen LogP) is 2.99. The Labute approximate surface area is 155 Å². The fourth-order valence-electron chi connectivity index (χ4n) is 2.93. The van der Waals surface area contributed by atoms with Crippen LogP contribution in [0, 0.1) is 5.82 Å². The molecule has 1 aliphatic heterocycles. The maximum Gasteiger partial charge on any atom is 0.340 e. The third-order valence-electron chi connectivity index (χ3n) is 4.39. The second kappa shape index (κ2) is 7.99. The van der Waals surface area contributed by atoms with Crippen molar-refractivity contribution in [1.29, 1.82) is 0 Å². The molecule has 2 aromatic carbocycles. The number of rotatable bonds is 5. The summed E-state index contributed by atoms with van der Waals surface area (Å²) in [6.45, 7) is 1.29. The van der Waals surface area contributed by atoms with Gasteiger partial charge in [0, 0.05) is 30.8 Å². The van der Waals surface area contributed by atoms with E-state index in [-0.39, 0.29) is 23.1 Å². The Balaban J connectivity index is 1.67. The molecule has 0 unspecified atom stereocenters. The predicted molar refractivity (Wildman–Crippen MR) is 96.8 cm³/mol. The number of methoxy groups -OCH3 is 1. The van der Waals surface area contributed by atoms with Gasteiger partial charge in [0.25, 0.3) is 5.91 Å². The van der Waals surface area contributed by atoms with Crippen LogP contribution in [-0.4, -0.2) is 36.3 Å². The van der Waals surface area contributed by atoms with Gasteiger partial charge in [-0.15, -0.1) is 0 Å². The number of anilines is 1. The van der Waals surface area contributed by atoms with Gasteiger partial charge in [-0.1, -0.05) is 12.1 Å². The summed E-state index contributed by atoms with van der Waals surface area (Å²) in [4.78, 5) is 37.4. The van der Waals surface area contributed by atoms with Crippen molar-refractivity contribution in [2.45, 2.75) is 19.4 Å². The van der Waals surface area contributed by atoms with Crippen molar-refractivity contribution in [3.05, 3.63) is 65.0 Å². The van der Waals surface area contributed by atoms with E-state index < -0.39 is 11.8 Å². The van der Waals surface area contributed by atoms with E-state index in [0.717, 1.165) is 31.7 Å². The number of esters is 1. The lowest BCUT2D eigenvalue weighted by atomic mass is 10.1. The SMILES string of the molecule is COC(=O)c1cc(NC(=O)c2ccc(CN3CCCC3=O)cc2)ccc1F. The summed E-state index contributed by atoms with van der Waals surface area (Å²) in [6, 6.07) is 10.6. The highest BCUT2D eigenvalue weighted by Gasteiger charge is 2.20. The minimum atomic E-state index is -0.815. The monoisotopic (exact) mass is 370 g/mol. The zero-order chi connectivity index (χ0) is 19.4. The minimum Gasteiger partial charge on any atom is -0.465 e. The van der Waals surface area contributed by atoms with E-state index in [1.807, 2.05) is 0 Å². The molecule has 2 amide bonds. The maximum atomic E-state index is 13.7. The topological polar surface area (TPSA) is 75.7 Å². The molecule has 140 valence electrons. The fourth-order valence-corrected chi connectivity index (χ4v) is 2.93. The molecule has 6 nitrogen and oxygen atoms in total. The molecule has 0 bridgehead atoms. The number of carbonyl (C=O) groups is 3. The largest absolute Gasteiger partial charge is 0.465 e. The summed E-state index contributed by atoms with van der Waals surface area (Å²) >= 11 is 0. The third-order valence-corrected chi connectivity index (χ3v) is 4.39. The first kappa shape index (κ1) is 18.6. The van der Waals surface area contributed by atoms with Crippen LogP contribution in [0.25, 0.3) is 0 Å². The molecule has 1 fully saturated rings. The minimum absolute atomic E-state index is 0.148. The molecule has 0 radical (unpaired) electrons. The number of amides is 2. The van der Waals surface area contributed by atoms with Crippen molar-refractivity contribution in [2.75, 3.05) is 19.0 Å². The smallest absolute Gasteiger partial charge is 0.340 e. The van der Waals surface area contributed by atoms with Crippen molar-refractivity contribution in [3.8, 4) is 0 Å². The Bertz CT molecular complexity index is 880. The molecule has 0 aromatic heterocycles. The average molecular weight is 370 g/mol. The first-order valence-electron chi connectivity index (χ1n) is 8.54. The van der Waals surface area contributed by atoms with Crippen molar-refractivity contribution in [3.63, 3.8) is 0 Å². The molecular weight excluding hydrogens is 351 g/mol. The number of likely N-dealkylation sites (tertiary alicyclic amines) is 1. The van der Waals surface area contributed by atoms with Gasteiger partial charge in [0.15, 0.2) is 0 Å². The van der Waals surface area contributed by atoms with Gasteiger partial charge in [0.05, 0.1) is 12.7 Å². The highest BCUT2D eigenvalue weighted by molar-refractivity contribution is 6.04. The lowest BCUT2D eigenvalue weighted by molar-refractivity contribution is -0.128. The van der Waals surface area contributed by atoms with Crippen LogP contribution >= 0.6 is 0 Å². The van der Waals surface area contributed by atoms with Gasteiger partial charge in [-0.25, -0.2) is 9.18 Å². The molecule has 0 aliphatic carbocycles. The molecule has 1 saturated heterocycles. The third kappa shape index (κ3) is 4.31. The van der Waals surface area contributed by atoms with Gasteiger partial charge in [0.2, 0.25) is 5.91 Å². The Morgan fingerprint density at radius 3 is 2.56 bits per heavy atom. The average Bonchev–Trinajstić information content (AvgIpc) is 3.07. The summed E-state index contributed by atoms with van der Waals surface area (Å²) in [6.07, 6.45) is 1.47. The molecule has 2 aromatic rings. The van der Waals surface area contributed by atoms with Crippen molar-refractivity contribution in [2.24, 2.45) is 0 Å². The van der Waals surface area contributed by atoms with Gasteiger partial charge in [0.1, 0.15) is 5.82 Å². The highest BCUT2D eigenvalue weighted by atomic mass is 19.1. The van der Waals surface area contributed by atoms with Gasteiger partial charge in [-0.05, 0) is 42.3 Å². The second-order valence-corrected chi connectivity index (χ2v) is 6.26. The van der Waals surface area contributed by atoms with Crippen LogP contribution in [0.1, 0.15) is 39.1 Å². The quantitative estimate of drug-likeness (QED) is 0.821. The Hall–Kier alpha value is -3.22. The molecule has 0 atom stereocenters. The number of ether oxygens (including phenoxy) is 1. The van der Waals surface area contributed by atoms with Gasteiger partial charge < -0.3 is 15.0 Å². The Morgan fingerprint density at radius 1 is 1.19 bits per heavy atom. The summed E-state index contributed by atoms with van der Waals surface area (Å²) < 4.78 is 18.2. The molecular formula is C20H19FN2O4. The first-order valence-corrected chi connectivity index (χ1v) is 8.54. The lowest BCUT2D eigenvalue weighted by Crippen LogP contribution is -2.23. The van der Waals surface area contributed by atoms with E-state index >= 15 is 0 Å². The first-order chi connectivity index (χ1) is 13.0. The number of halogens is 1. The molecule has 1 heterocycles. The highest BCUT2D eigenvalue weighted by Crippen LogP contribution is 2.18. The van der Waals surface area contributed by atoms with Crippen LogP contribution in [-0.2, 0) is 16.1 Å². The van der Waals surface area contributed by atoms with Crippen LogP contribution in [0.3, 0.4) is 0 Å². The van der Waals surface area contributed by atoms with E-state index in [0.29, 0.717) is 18.5 Å². The number of hydrogen-bond donors (Lipinski definition) is 1. The van der Waals surface area contributed by atoms with E-state index in [1.165, 1.54) is 12.1 Å². The van der Waals surface area contributed by atoms with E-state index in [2.05, 4.69) is 10.1 Å². The molecule has 7 heteroatoms. The summed E-state index contributed by atoms with van der Waals surface area (Å²) in [5.41, 5.74) is 1.39. The fraction of sp³-hybridized carbons (Fsp3) is 0.250. The summed E-state index contributed by atoms with van der Waals surface area (Å²) in [7, 11) is 1.16. The van der Waals surface area contributed by atoms with Crippen LogP contribution in [0.2, 0.25) is 0 Å². The lowest BCUT2D eigenvalue weighted by Gasteiger charge is -2.15. The Morgan fingerprint density at radius 2 is 1.93 bits per heavy atom. The van der Waals surface area contributed by atoms with Gasteiger partial charge in [-0.2, -0.15) is 0 Å². The van der Waals surface area contributed by atoms with Gasteiger partial charge in [-0.3, -0.25) is 9.59 Å². The molecule has 27 heavy (non-hydrogen) atoms. The molecule has 3 rings (SSSR count). The normalized spacial score (nSPS) is 13.6. The zero-order valence-electron chi connectivity index (χ0n) is 14.8. The maximum absolute atomic E-state index is 13.7. The summed E-state index contributed by atoms with van der Waals surface area (Å²) in [5, 5.41) is 2.63. The molecule has 0 saturated carbocycles. The zero-order valence-corrected chi connectivity index (χ0v) is 14.8. The number of nitrogens with one attached hydrogen (secondary N) is 1. The molecule has 0 spiro atoms.